The van der Waals surface area contributed by atoms with E-state index in [0.29, 0.717) is 29.8 Å². The van der Waals surface area contributed by atoms with Crippen molar-refractivity contribution in [1.29, 1.82) is 0 Å². The van der Waals surface area contributed by atoms with Crippen LogP contribution in [0.4, 0.5) is 11.4 Å². The summed E-state index contributed by atoms with van der Waals surface area (Å²) in [5.74, 6) is 0.142. The molecule has 1 amide bonds. The Morgan fingerprint density at radius 1 is 1.36 bits per heavy atom. The Bertz CT molecular complexity index is 596. The molecule has 1 aromatic carbocycles. The molecule has 2 saturated carbocycles. The van der Waals surface area contributed by atoms with Crippen molar-refractivity contribution in [2.75, 3.05) is 11.9 Å². The van der Waals surface area contributed by atoms with Crippen molar-refractivity contribution in [3.05, 3.63) is 33.9 Å². The van der Waals surface area contributed by atoms with Crippen LogP contribution in [0.3, 0.4) is 0 Å². The third-order valence-electron chi connectivity index (χ3n) is 4.16. The number of nitro groups is 1. The fraction of sp³-hybridized carbons (Fsp3) is 0.533. The van der Waals surface area contributed by atoms with Gasteiger partial charge in [-0.25, -0.2) is 0 Å². The maximum atomic E-state index is 12.3. The molecule has 2 aliphatic rings. The van der Waals surface area contributed by atoms with Gasteiger partial charge in [0.2, 0.25) is 0 Å². The molecule has 1 aromatic rings. The average Bonchev–Trinajstić information content (AvgIpc) is 3.37. The Labute approximate surface area is 128 Å². The van der Waals surface area contributed by atoms with E-state index in [4.69, 9.17) is 5.73 Å². The number of anilines is 1. The monoisotopic (exact) mass is 304 g/mol. The molecule has 7 heteroatoms. The quantitative estimate of drug-likeness (QED) is 0.524. The molecule has 0 aromatic heterocycles. The second-order valence-corrected chi connectivity index (χ2v) is 6.06. The predicted molar refractivity (Wildman–Crippen MR) is 82.8 cm³/mol. The first-order valence-corrected chi connectivity index (χ1v) is 7.64. The van der Waals surface area contributed by atoms with E-state index < -0.39 is 4.92 Å². The number of hydrogen-bond acceptors (Lipinski definition) is 5. The molecule has 3 rings (SSSR count). The third kappa shape index (κ3) is 3.36. The van der Waals surface area contributed by atoms with Gasteiger partial charge in [-0.05, 0) is 43.7 Å². The SMILES string of the molecule is NCC(NC(=O)c1ccc(NC2CC2)c([N+](=O)[O-])c1)C1CC1. The number of rotatable bonds is 7. The summed E-state index contributed by atoms with van der Waals surface area (Å²) in [6.45, 7) is 0.389. The highest BCUT2D eigenvalue weighted by atomic mass is 16.6. The first kappa shape index (κ1) is 14.8. The fourth-order valence-corrected chi connectivity index (χ4v) is 2.51. The van der Waals surface area contributed by atoms with E-state index in [1.807, 2.05) is 0 Å². The molecule has 0 spiro atoms. The molecule has 7 nitrogen and oxygen atoms in total. The predicted octanol–water partition coefficient (Wildman–Crippen LogP) is 1.64. The van der Waals surface area contributed by atoms with Gasteiger partial charge in [0.25, 0.3) is 11.6 Å². The summed E-state index contributed by atoms with van der Waals surface area (Å²) in [4.78, 5) is 23.0. The fourth-order valence-electron chi connectivity index (χ4n) is 2.51. The molecule has 0 aliphatic heterocycles. The van der Waals surface area contributed by atoms with Gasteiger partial charge >= 0.3 is 0 Å². The second-order valence-electron chi connectivity index (χ2n) is 6.06. The number of nitrogens with zero attached hydrogens (tertiary/aromatic N) is 1. The van der Waals surface area contributed by atoms with E-state index in [2.05, 4.69) is 10.6 Å². The molecule has 2 fully saturated rings. The first-order valence-electron chi connectivity index (χ1n) is 7.64. The maximum absolute atomic E-state index is 12.3. The zero-order valence-electron chi connectivity index (χ0n) is 12.2. The van der Waals surface area contributed by atoms with E-state index in [1.165, 1.54) is 6.07 Å². The Hall–Kier alpha value is -2.15. The number of hydrogen-bond donors (Lipinski definition) is 3. The van der Waals surface area contributed by atoms with E-state index in [-0.39, 0.29) is 17.6 Å². The van der Waals surface area contributed by atoms with Crippen LogP contribution in [-0.4, -0.2) is 29.5 Å². The second kappa shape index (κ2) is 5.92. The summed E-state index contributed by atoms with van der Waals surface area (Å²) in [5.41, 5.74) is 6.38. The standard InChI is InChI=1S/C15H20N4O3/c16-8-13(9-1-2-9)18-15(20)10-3-6-12(17-11-4-5-11)14(7-10)19(21)22/h3,6-7,9,11,13,17H,1-2,4-5,8,16H2,(H,18,20). The summed E-state index contributed by atoms with van der Waals surface area (Å²) in [6, 6.07) is 4.83. The summed E-state index contributed by atoms with van der Waals surface area (Å²) >= 11 is 0. The van der Waals surface area contributed by atoms with Crippen LogP contribution in [0.25, 0.3) is 0 Å². The number of carbonyl (C=O) groups is 1. The van der Waals surface area contributed by atoms with Crippen molar-refractivity contribution in [3.63, 3.8) is 0 Å². The van der Waals surface area contributed by atoms with Gasteiger partial charge in [0.05, 0.1) is 4.92 Å². The van der Waals surface area contributed by atoms with E-state index >= 15 is 0 Å². The van der Waals surface area contributed by atoms with Crippen molar-refractivity contribution < 1.29 is 9.72 Å². The van der Waals surface area contributed by atoms with Gasteiger partial charge in [-0.15, -0.1) is 0 Å². The molecule has 118 valence electrons. The van der Waals surface area contributed by atoms with E-state index in [1.54, 1.807) is 12.1 Å². The highest BCUT2D eigenvalue weighted by molar-refractivity contribution is 5.96. The van der Waals surface area contributed by atoms with Crippen molar-refractivity contribution in [1.82, 2.24) is 5.32 Å². The van der Waals surface area contributed by atoms with Gasteiger partial charge in [-0.3, -0.25) is 14.9 Å². The number of nitrogens with two attached hydrogens (primary N) is 1. The lowest BCUT2D eigenvalue weighted by Crippen LogP contribution is -2.41. The topological polar surface area (TPSA) is 110 Å². The minimum Gasteiger partial charge on any atom is -0.377 e. The van der Waals surface area contributed by atoms with Crippen LogP contribution in [0.1, 0.15) is 36.0 Å². The summed E-state index contributed by atoms with van der Waals surface area (Å²) in [7, 11) is 0. The van der Waals surface area contributed by atoms with Crippen molar-refractivity contribution in [2.24, 2.45) is 11.7 Å². The van der Waals surface area contributed by atoms with E-state index in [9.17, 15) is 14.9 Å². The molecule has 0 heterocycles. The lowest BCUT2D eigenvalue weighted by atomic mass is 10.1. The number of carbonyl (C=O) groups excluding carboxylic acids is 1. The van der Waals surface area contributed by atoms with Crippen LogP contribution in [0.5, 0.6) is 0 Å². The van der Waals surface area contributed by atoms with Crippen LogP contribution >= 0.6 is 0 Å². The molecule has 0 saturated heterocycles. The van der Waals surface area contributed by atoms with Crippen LogP contribution < -0.4 is 16.4 Å². The number of nitrogens with one attached hydrogen (secondary N) is 2. The maximum Gasteiger partial charge on any atom is 0.293 e. The molecule has 4 N–H and O–H groups in total. The minimum atomic E-state index is -0.456. The Balaban J connectivity index is 1.76. The number of benzene rings is 1. The van der Waals surface area contributed by atoms with Gasteiger partial charge in [0.15, 0.2) is 0 Å². The van der Waals surface area contributed by atoms with E-state index in [0.717, 1.165) is 25.7 Å². The van der Waals surface area contributed by atoms with Crippen LogP contribution in [-0.2, 0) is 0 Å². The van der Waals surface area contributed by atoms with Crippen molar-refractivity contribution >= 4 is 17.3 Å². The van der Waals surface area contributed by atoms with Crippen LogP contribution in [0.2, 0.25) is 0 Å². The Morgan fingerprint density at radius 3 is 2.64 bits per heavy atom. The van der Waals surface area contributed by atoms with Crippen molar-refractivity contribution in [3.8, 4) is 0 Å². The van der Waals surface area contributed by atoms with Gasteiger partial charge in [0, 0.05) is 30.3 Å². The largest absolute Gasteiger partial charge is 0.377 e. The molecule has 1 unspecified atom stereocenters. The normalized spacial score (nSPS) is 18.6. The molecule has 2 aliphatic carbocycles. The zero-order valence-corrected chi connectivity index (χ0v) is 12.2. The van der Waals surface area contributed by atoms with Gasteiger partial charge < -0.3 is 16.4 Å². The van der Waals surface area contributed by atoms with Crippen molar-refractivity contribution in [2.45, 2.75) is 37.8 Å². The highest BCUT2D eigenvalue weighted by Crippen LogP contribution is 2.33. The smallest absolute Gasteiger partial charge is 0.293 e. The summed E-state index contributed by atoms with van der Waals surface area (Å²) < 4.78 is 0. The minimum absolute atomic E-state index is 0.0455. The molecule has 22 heavy (non-hydrogen) atoms. The lowest BCUT2D eigenvalue weighted by Gasteiger charge is -2.16. The average molecular weight is 304 g/mol. The molecular weight excluding hydrogens is 284 g/mol. The van der Waals surface area contributed by atoms with Crippen LogP contribution in [0.15, 0.2) is 18.2 Å². The molecule has 0 bridgehead atoms. The van der Waals surface area contributed by atoms with Gasteiger partial charge in [-0.2, -0.15) is 0 Å². The highest BCUT2D eigenvalue weighted by Gasteiger charge is 2.32. The molecule has 1 atom stereocenters. The van der Waals surface area contributed by atoms with Gasteiger partial charge in [-0.1, -0.05) is 0 Å². The molecule has 0 radical (unpaired) electrons. The summed E-state index contributed by atoms with van der Waals surface area (Å²) in [5, 5.41) is 17.2. The lowest BCUT2D eigenvalue weighted by molar-refractivity contribution is -0.384. The number of nitro benzene ring substituents is 1. The first-order chi connectivity index (χ1) is 10.6. The summed E-state index contributed by atoms with van der Waals surface area (Å²) in [6.07, 6.45) is 4.21. The van der Waals surface area contributed by atoms with Gasteiger partial charge in [0.1, 0.15) is 5.69 Å². The third-order valence-corrected chi connectivity index (χ3v) is 4.16. The van der Waals surface area contributed by atoms with Crippen LogP contribution in [0, 0.1) is 16.0 Å². The Morgan fingerprint density at radius 2 is 2.09 bits per heavy atom. The Kier molecular flexibility index (Phi) is 3.98. The molecular formula is C15H20N4O3. The number of amides is 1. The zero-order chi connectivity index (χ0) is 15.7.